The first kappa shape index (κ1) is 12.9. The summed E-state index contributed by atoms with van der Waals surface area (Å²) in [5.74, 6) is 0.323. The molecule has 0 unspecified atom stereocenters. The van der Waals surface area contributed by atoms with Gasteiger partial charge in [-0.15, -0.1) is 0 Å². The molecule has 3 atom stereocenters. The Kier molecular flexibility index (Phi) is 2.85. The Morgan fingerprint density at radius 3 is 2.74 bits per heavy atom. The first-order valence-corrected chi connectivity index (χ1v) is 7.27. The van der Waals surface area contributed by atoms with E-state index in [1.54, 1.807) is 0 Å². The summed E-state index contributed by atoms with van der Waals surface area (Å²) >= 11 is 0. The predicted molar refractivity (Wildman–Crippen MR) is 71.5 cm³/mol. The molecule has 0 spiro atoms. The fourth-order valence-electron chi connectivity index (χ4n) is 3.41. The Morgan fingerprint density at radius 1 is 1.32 bits per heavy atom. The van der Waals surface area contributed by atoms with Crippen molar-refractivity contribution in [3.63, 3.8) is 0 Å². The van der Waals surface area contributed by atoms with E-state index in [2.05, 4.69) is 10.2 Å². The summed E-state index contributed by atoms with van der Waals surface area (Å²) in [6.07, 6.45) is 3.09. The number of nitrogens with zero attached hydrogens (tertiary/aromatic N) is 2. The molecule has 19 heavy (non-hydrogen) atoms. The Balaban J connectivity index is 1.80. The normalized spacial score (nSPS) is 34.6. The van der Waals surface area contributed by atoms with E-state index in [9.17, 15) is 9.59 Å². The van der Waals surface area contributed by atoms with Crippen LogP contribution in [0, 0.1) is 0 Å². The highest BCUT2D eigenvalue weighted by Crippen LogP contribution is 2.37. The molecule has 0 aromatic carbocycles. The van der Waals surface area contributed by atoms with Gasteiger partial charge >= 0.3 is 0 Å². The number of piperazine rings is 1. The van der Waals surface area contributed by atoms with Crippen LogP contribution in [0.4, 0.5) is 0 Å². The molecule has 3 fully saturated rings. The van der Waals surface area contributed by atoms with Crippen LogP contribution in [-0.2, 0) is 9.59 Å². The number of rotatable bonds is 1. The van der Waals surface area contributed by atoms with Gasteiger partial charge in [0.05, 0.1) is 12.1 Å². The van der Waals surface area contributed by atoms with Crippen molar-refractivity contribution in [1.29, 1.82) is 0 Å². The van der Waals surface area contributed by atoms with E-state index >= 15 is 0 Å². The average molecular weight is 265 g/mol. The van der Waals surface area contributed by atoms with Crippen LogP contribution >= 0.6 is 0 Å². The van der Waals surface area contributed by atoms with Gasteiger partial charge in [0.2, 0.25) is 11.8 Å². The van der Waals surface area contributed by atoms with Gasteiger partial charge in [0.25, 0.3) is 0 Å². The minimum absolute atomic E-state index is 0.0526. The van der Waals surface area contributed by atoms with E-state index < -0.39 is 0 Å². The average Bonchev–Trinajstić information content (AvgIpc) is 3.07. The lowest BCUT2D eigenvalue weighted by atomic mass is 9.94. The second-order valence-electron chi connectivity index (χ2n) is 6.99. The van der Waals surface area contributed by atoms with Crippen LogP contribution < -0.4 is 5.32 Å². The zero-order chi connectivity index (χ0) is 13.8. The molecule has 3 heterocycles. The van der Waals surface area contributed by atoms with Crippen molar-refractivity contribution in [3.8, 4) is 0 Å². The van der Waals surface area contributed by atoms with Crippen molar-refractivity contribution in [1.82, 2.24) is 15.1 Å². The molecule has 2 amide bonds. The number of hydrogen-bond acceptors (Lipinski definition) is 3. The third-order valence-corrected chi connectivity index (χ3v) is 4.25. The molecular formula is C14H23N3O2. The number of hydrogen-bond donors (Lipinski definition) is 1. The van der Waals surface area contributed by atoms with Gasteiger partial charge in [0, 0.05) is 12.1 Å². The summed E-state index contributed by atoms with van der Waals surface area (Å²) in [6, 6.07) is -0.0744. The highest BCUT2D eigenvalue weighted by molar-refractivity contribution is 5.92. The lowest BCUT2D eigenvalue weighted by Crippen LogP contribution is -2.64. The number of fused-ring (bicyclic) bond motifs is 2. The molecular weight excluding hydrogens is 242 g/mol. The highest BCUT2D eigenvalue weighted by atomic mass is 16.2. The van der Waals surface area contributed by atoms with Crippen molar-refractivity contribution in [2.24, 2.45) is 0 Å². The zero-order valence-corrected chi connectivity index (χ0v) is 12.0. The quantitative estimate of drug-likeness (QED) is 0.696. The molecule has 106 valence electrons. The summed E-state index contributed by atoms with van der Waals surface area (Å²) in [6.45, 7) is 7.63. The minimum Gasteiger partial charge on any atom is -0.350 e. The Labute approximate surface area is 114 Å². The van der Waals surface area contributed by atoms with Crippen molar-refractivity contribution in [2.45, 2.75) is 63.7 Å². The molecule has 3 aliphatic heterocycles. The molecule has 0 aromatic rings. The largest absolute Gasteiger partial charge is 0.350 e. The van der Waals surface area contributed by atoms with Crippen LogP contribution in [-0.4, -0.2) is 58.4 Å². The zero-order valence-electron chi connectivity index (χ0n) is 12.0. The van der Waals surface area contributed by atoms with Crippen molar-refractivity contribution < 1.29 is 9.59 Å². The highest BCUT2D eigenvalue weighted by Gasteiger charge is 2.58. The van der Waals surface area contributed by atoms with Crippen molar-refractivity contribution in [3.05, 3.63) is 0 Å². The molecule has 0 bridgehead atoms. The Morgan fingerprint density at radius 2 is 2.05 bits per heavy atom. The molecule has 5 nitrogen and oxygen atoms in total. The second kappa shape index (κ2) is 4.20. The van der Waals surface area contributed by atoms with Crippen molar-refractivity contribution in [2.75, 3.05) is 13.1 Å². The van der Waals surface area contributed by atoms with E-state index in [1.807, 2.05) is 25.7 Å². The lowest BCUT2D eigenvalue weighted by Gasteiger charge is -2.43. The molecule has 1 N–H and O–H groups in total. The second-order valence-corrected chi connectivity index (χ2v) is 6.99. The van der Waals surface area contributed by atoms with Crippen LogP contribution in [0.25, 0.3) is 0 Å². The third-order valence-electron chi connectivity index (χ3n) is 4.25. The Hall–Kier alpha value is -1.10. The minimum atomic E-state index is -0.219. The SMILES string of the molecule is CC(C)(C)NC(=O)[C@@H]1[C@@H]2CN2C(=O)[C@@H]2CCCCN12. The molecule has 3 saturated heterocycles. The Bertz CT molecular complexity index is 415. The molecule has 0 aliphatic carbocycles. The van der Waals surface area contributed by atoms with E-state index in [1.165, 1.54) is 0 Å². The van der Waals surface area contributed by atoms with Gasteiger partial charge in [-0.25, -0.2) is 0 Å². The van der Waals surface area contributed by atoms with Crippen LogP contribution in [0.5, 0.6) is 0 Å². The number of nitrogens with one attached hydrogen (secondary N) is 1. The summed E-state index contributed by atoms with van der Waals surface area (Å²) in [5.41, 5.74) is -0.219. The third kappa shape index (κ3) is 2.24. The van der Waals surface area contributed by atoms with Gasteiger partial charge in [0.1, 0.15) is 6.04 Å². The number of carbonyl (C=O) groups is 2. The molecule has 3 rings (SSSR count). The molecule has 0 radical (unpaired) electrons. The van der Waals surface area contributed by atoms with E-state index in [4.69, 9.17) is 0 Å². The monoisotopic (exact) mass is 265 g/mol. The summed E-state index contributed by atoms with van der Waals surface area (Å²) in [5, 5.41) is 3.08. The van der Waals surface area contributed by atoms with Gasteiger partial charge < -0.3 is 10.2 Å². The maximum Gasteiger partial charge on any atom is 0.240 e. The van der Waals surface area contributed by atoms with Gasteiger partial charge in [-0.05, 0) is 40.2 Å². The van der Waals surface area contributed by atoms with Crippen LogP contribution in [0.1, 0.15) is 40.0 Å². The van der Waals surface area contributed by atoms with Crippen LogP contribution in [0.2, 0.25) is 0 Å². The van der Waals surface area contributed by atoms with E-state index in [0.717, 1.165) is 32.4 Å². The molecule has 0 saturated carbocycles. The standard InChI is InChI=1S/C14H23N3O2/c1-14(2,3)15-12(18)11-10-8-17(10)13(19)9-6-4-5-7-16(9)11/h9-11H,4-8H2,1-3H3,(H,15,18)/t9-,10-,11-,17?/m0/s1. The fourth-order valence-corrected chi connectivity index (χ4v) is 3.41. The molecule has 3 aliphatic rings. The van der Waals surface area contributed by atoms with E-state index in [-0.39, 0.29) is 35.5 Å². The lowest BCUT2D eigenvalue weighted by molar-refractivity contribution is -0.144. The summed E-state index contributed by atoms with van der Waals surface area (Å²) in [4.78, 5) is 28.8. The number of piperidine rings is 1. The molecule has 5 heteroatoms. The van der Waals surface area contributed by atoms with Gasteiger partial charge in [0.15, 0.2) is 0 Å². The van der Waals surface area contributed by atoms with Crippen molar-refractivity contribution >= 4 is 11.8 Å². The smallest absolute Gasteiger partial charge is 0.240 e. The predicted octanol–water partition coefficient (Wildman–Crippen LogP) is 0.349. The topological polar surface area (TPSA) is 52.4 Å². The fraction of sp³-hybridized carbons (Fsp3) is 0.857. The maximum atomic E-state index is 12.5. The maximum absolute atomic E-state index is 12.5. The van der Waals surface area contributed by atoms with Gasteiger partial charge in [-0.3, -0.25) is 14.5 Å². The van der Waals surface area contributed by atoms with E-state index in [0.29, 0.717) is 0 Å². The molecule has 0 aromatic heterocycles. The first-order chi connectivity index (χ1) is 8.88. The first-order valence-electron chi connectivity index (χ1n) is 7.27. The number of amides is 2. The van der Waals surface area contributed by atoms with Gasteiger partial charge in [-0.2, -0.15) is 0 Å². The van der Waals surface area contributed by atoms with Crippen LogP contribution in [0.15, 0.2) is 0 Å². The summed E-state index contributed by atoms with van der Waals surface area (Å²) < 4.78 is 0. The van der Waals surface area contributed by atoms with Crippen LogP contribution in [0.3, 0.4) is 0 Å². The summed E-state index contributed by atoms with van der Waals surface area (Å²) in [7, 11) is 0. The van der Waals surface area contributed by atoms with Gasteiger partial charge in [-0.1, -0.05) is 6.42 Å². The number of carbonyl (C=O) groups excluding carboxylic acids is 2.